The maximum atomic E-state index is 13.2. The van der Waals surface area contributed by atoms with Crippen molar-refractivity contribution in [1.29, 1.82) is 5.26 Å². The second kappa shape index (κ2) is 5.09. The molecule has 2 unspecified atom stereocenters. The van der Waals surface area contributed by atoms with E-state index in [4.69, 9.17) is 10.00 Å². The number of benzene rings is 1. The third-order valence-corrected chi connectivity index (χ3v) is 5.98. The van der Waals surface area contributed by atoms with E-state index in [1.165, 1.54) is 6.07 Å². The molecule has 0 aromatic heterocycles. The number of halogens is 3. The minimum atomic E-state index is -4.81. The molecule has 2 bridgehead atoms. The molecule has 3 saturated heterocycles. The maximum Gasteiger partial charge on any atom is 0.417 e. The number of hydrogen-bond acceptors (Lipinski definition) is 5. The molecule has 5 atom stereocenters. The minimum Gasteiger partial charge on any atom is -0.390 e. The van der Waals surface area contributed by atoms with Crippen molar-refractivity contribution < 1.29 is 32.6 Å². The van der Waals surface area contributed by atoms with Crippen LogP contribution in [0.1, 0.15) is 31.4 Å². The highest BCUT2D eigenvalue weighted by molar-refractivity contribution is 6.23. The summed E-state index contributed by atoms with van der Waals surface area (Å²) < 4.78 is 45.6. The number of anilines is 1. The molecule has 3 heterocycles. The molecule has 3 aliphatic rings. The van der Waals surface area contributed by atoms with E-state index in [1.807, 2.05) is 0 Å². The molecular weight excluding hydrogens is 365 g/mol. The van der Waals surface area contributed by atoms with Gasteiger partial charge in [0.2, 0.25) is 11.8 Å². The standard InChI is InChI=1S/C18H15F3N2O4/c1-16-6-11(24)17(2,27-16)13-12(16)14(25)23(15(13)26)9-4-3-8(7-22)10(5-9)18(19,20)21/h3-5,11-13,24H,6H2,1-2H3/t11-,12+,13-,16?,17?/m1/s1. The van der Waals surface area contributed by atoms with Gasteiger partial charge in [-0.1, -0.05) is 0 Å². The number of hydrogen-bond donors (Lipinski definition) is 1. The Balaban J connectivity index is 1.81. The van der Waals surface area contributed by atoms with Gasteiger partial charge in [-0.15, -0.1) is 0 Å². The van der Waals surface area contributed by atoms with E-state index in [2.05, 4.69) is 0 Å². The molecule has 0 aliphatic carbocycles. The van der Waals surface area contributed by atoms with Gasteiger partial charge in [0.1, 0.15) is 5.60 Å². The molecule has 27 heavy (non-hydrogen) atoms. The van der Waals surface area contributed by atoms with Crippen LogP contribution < -0.4 is 4.90 Å². The van der Waals surface area contributed by atoms with Crippen LogP contribution >= 0.6 is 0 Å². The lowest BCUT2D eigenvalue weighted by Gasteiger charge is -2.31. The van der Waals surface area contributed by atoms with Crippen LogP contribution in [-0.2, 0) is 20.5 Å². The van der Waals surface area contributed by atoms with Crippen LogP contribution in [0.25, 0.3) is 0 Å². The Hall–Kier alpha value is -2.44. The monoisotopic (exact) mass is 380 g/mol. The van der Waals surface area contributed by atoms with Crippen molar-refractivity contribution in [3.05, 3.63) is 29.3 Å². The lowest BCUT2D eigenvalue weighted by Crippen LogP contribution is -2.49. The van der Waals surface area contributed by atoms with Crippen LogP contribution in [-0.4, -0.2) is 34.2 Å². The molecule has 1 N–H and O–H groups in total. The Kier molecular flexibility index (Phi) is 3.38. The SMILES string of the molecule is CC12C[C@@H](O)C(C)(O1)[C@H]1C(=O)N(c3ccc(C#N)c(C(F)(F)F)c3)C(=O)[C@H]12. The van der Waals surface area contributed by atoms with Gasteiger partial charge in [-0.2, -0.15) is 18.4 Å². The molecule has 3 fully saturated rings. The highest BCUT2D eigenvalue weighted by atomic mass is 19.4. The summed E-state index contributed by atoms with van der Waals surface area (Å²) in [5.74, 6) is -3.19. The molecule has 142 valence electrons. The molecule has 6 nitrogen and oxygen atoms in total. The van der Waals surface area contributed by atoms with Gasteiger partial charge in [0.25, 0.3) is 0 Å². The van der Waals surface area contributed by atoms with E-state index in [1.54, 1.807) is 13.8 Å². The summed E-state index contributed by atoms with van der Waals surface area (Å²) in [6, 6.07) is 4.19. The number of imide groups is 1. The van der Waals surface area contributed by atoms with E-state index < -0.39 is 58.3 Å². The lowest BCUT2D eigenvalue weighted by atomic mass is 9.67. The third kappa shape index (κ3) is 2.14. The number of carbonyl (C=O) groups excluding carboxylic acids is 2. The number of fused-ring (bicyclic) bond motifs is 5. The van der Waals surface area contributed by atoms with Crippen molar-refractivity contribution in [2.24, 2.45) is 11.8 Å². The number of aliphatic hydroxyl groups excluding tert-OH is 1. The Labute approximate surface area is 152 Å². The first-order chi connectivity index (χ1) is 12.4. The first-order valence-corrected chi connectivity index (χ1v) is 8.31. The zero-order chi connectivity index (χ0) is 19.9. The molecule has 3 aliphatic heterocycles. The second-order valence-electron chi connectivity index (χ2n) is 7.63. The lowest BCUT2D eigenvalue weighted by molar-refractivity contribution is -0.138. The zero-order valence-electron chi connectivity index (χ0n) is 14.4. The van der Waals surface area contributed by atoms with Gasteiger partial charge >= 0.3 is 6.18 Å². The molecule has 1 aromatic carbocycles. The largest absolute Gasteiger partial charge is 0.417 e. The molecule has 2 amide bonds. The topological polar surface area (TPSA) is 90.6 Å². The summed E-state index contributed by atoms with van der Waals surface area (Å²) in [4.78, 5) is 26.6. The first kappa shape index (κ1) is 17.9. The number of rotatable bonds is 1. The summed E-state index contributed by atoms with van der Waals surface area (Å²) in [5.41, 5.74) is -4.37. The fraction of sp³-hybridized carbons (Fsp3) is 0.500. The number of aliphatic hydroxyl groups is 1. The fourth-order valence-electron chi connectivity index (χ4n) is 4.78. The Morgan fingerprint density at radius 2 is 1.89 bits per heavy atom. The van der Waals surface area contributed by atoms with Crippen LogP contribution in [0.3, 0.4) is 0 Å². The normalized spacial score (nSPS) is 37.7. The van der Waals surface area contributed by atoms with Crippen LogP contribution in [0, 0.1) is 23.2 Å². The summed E-state index contributed by atoms with van der Waals surface area (Å²) in [5, 5.41) is 19.2. The Bertz CT molecular complexity index is 924. The van der Waals surface area contributed by atoms with Gasteiger partial charge in [-0.3, -0.25) is 9.59 Å². The van der Waals surface area contributed by atoms with E-state index in [9.17, 15) is 27.9 Å². The summed E-state index contributed by atoms with van der Waals surface area (Å²) in [7, 11) is 0. The fourth-order valence-corrected chi connectivity index (χ4v) is 4.78. The number of amides is 2. The van der Waals surface area contributed by atoms with Gasteiger partial charge in [-0.25, -0.2) is 4.90 Å². The van der Waals surface area contributed by atoms with Gasteiger partial charge in [-0.05, 0) is 32.0 Å². The summed E-state index contributed by atoms with van der Waals surface area (Å²) >= 11 is 0. The predicted octanol–water partition coefficient (Wildman–Crippen LogP) is 1.99. The van der Waals surface area contributed by atoms with Gasteiger partial charge in [0, 0.05) is 6.42 Å². The number of nitriles is 1. The van der Waals surface area contributed by atoms with E-state index in [0.717, 1.165) is 17.0 Å². The van der Waals surface area contributed by atoms with Crippen molar-refractivity contribution in [2.75, 3.05) is 4.90 Å². The average Bonchev–Trinajstić information content (AvgIpc) is 3.07. The number of ether oxygens (including phenoxy) is 1. The van der Waals surface area contributed by atoms with Crippen molar-refractivity contribution in [2.45, 2.75) is 43.8 Å². The average molecular weight is 380 g/mol. The van der Waals surface area contributed by atoms with E-state index >= 15 is 0 Å². The third-order valence-electron chi connectivity index (χ3n) is 5.98. The molecule has 0 spiro atoms. The number of carbonyl (C=O) groups is 2. The highest BCUT2D eigenvalue weighted by Crippen LogP contribution is 2.61. The molecule has 0 saturated carbocycles. The number of nitrogens with zero attached hydrogens (tertiary/aromatic N) is 2. The molecule has 0 radical (unpaired) electrons. The van der Waals surface area contributed by atoms with Gasteiger partial charge in [0.15, 0.2) is 0 Å². The second-order valence-corrected chi connectivity index (χ2v) is 7.63. The zero-order valence-corrected chi connectivity index (χ0v) is 14.4. The summed E-state index contributed by atoms with van der Waals surface area (Å²) in [6.07, 6.45) is -5.59. The van der Waals surface area contributed by atoms with Crippen LogP contribution in [0.15, 0.2) is 18.2 Å². The Morgan fingerprint density at radius 3 is 2.48 bits per heavy atom. The van der Waals surface area contributed by atoms with Crippen molar-refractivity contribution in [3.63, 3.8) is 0 Å². The molecule has 4 rings (SSSR count). The molecule has 1 aromatic rings. The van der Waals surface area contributed by atoms with Crippen molar-refractivity contribution in [1.82, 2.24) is 0 Å². The van der Waals surface area contributed by atoms with E-state index in [-0.39, 0.29) is 12.1 Å². The summed E-state index contributed by atoms with van der Waals surface area (Å²) in [6.45, 7) is 3.17. The predicted molar refractivity (Wildman–Crippen MR) is 84.2 cm³/mol. The van der Waals surface area contributed by atoms with Crippen LogP contribution in [0.5, 0.6) is 0 Å². The maximum absolute atomic E-state index is 13.2. The molecule has 9 heteroatoms. The first-order valence-electron chi connectivity index (χ1n) is 8.31. The smallest absolute Gasteiger partial charge is 0.390 e. The quantitative estimate of drug-likeness (QED) is 0.753. The van der Waals surface area contributed by atoms with Crippen molar-refractivity contribution in [3.8, 4) is 6.07 Å². The van der Waals surface area contributed by atoms with Crippen LogP contribution in [0.2, 0.25) is 0 Å². The number of alkyl halides is 3. The van der Waals surface area contributed by atoms with Gasteiger partial charge in [0.05, 0.1) is 46.4 Å². The molecular formula is C18H15F3N2O4. The van der Waals surface area contributed by atoms with Crippen molar-refractivity contribution >= 4 is 17.5 Å². The van der Waals surface area contributed by atoms with E-state index in [0.29, 0.717) is 6.07 Å². The minimum absolute atomic E-state index is 0.165. The van der Waals surface area contributed by atoms with Gasteiger partial charge < -0.3 is 9.84 Å². The highest BCUT2D eigenvalue weighted by Gasteiger charge is 2.75. The Morgan fingerprint density at radius 1 is 1.26 bits per heavy atom. The van der Waals surface area contributed by atoms with Crippen LogP contribution in [0.4, 0.5) is 18.9 Å².